The third kappa shape index (κ3) is 7.31. The van der Waals surface area contributed by atoms with Crippen LogP contribution in [-0.4, -0.2) is 82.7 Å². The molecule has 4 amide bonds. The summed E-state index contributed by atoms with van der Waals surface area (Å²) in [6, 6.07) is 27.1. The monoisotopic (exact) mass is 793 g/mol. The van der Waals surface area contributed by atoms with Crippen molar-refractivity contribution in [3.05, 3.63) is 124 Å². The van der Waals surface area contributed by atoms with E-state index >= 15 is 0 Å². The molecule has 16 nitrogen and oxygen atoms in total. The third-order valence-electron chi connectivity index (χ3n) is 11.0. The molecule has 0 aliphatic carbocycles. The summed E-state index contributed by atoms with van der Waals surface area (Å²) in [6.07, 6.45) is 3.99. The highest BCUT2D eigenvalue weighted by molar-refractivity contribution is 5.99. The Morgan fingerprint density at radius 1 is 0.627 bits per heavy atom. The van der Waals surface area contributed by atoms with E-state index in [1.165, 1.54) is 14.0 Å². The molecule has 4 aromatic carbocycles. The average Bonchev–Trinajstić information content (AvgIpc) is 4.10. The van der Waals surface area contributed by atoms with Crippen LogP contribution in [0, 0.1) is 0 Å². The van der Waals surface area contributed by atoms with Crippen LogP contribution in [0.25, 0.3) is 44.8 Å². The molecule has 0 radical (unpaired) electrons. The standard InChI is InChI=1S/C43H39N9O7/c53-37(24-51-32-9-3-1-7-30(32)47-42(51)57)49-21-5-11-34(49)39(55)45-28-17-13-26(14-18-28)36-23-44-41(59-36)27-15-19-29(20-16-27)46-40(56)35-12-6-22-50(35)38(54)25-52-33-10-4-2-8-31(33)48-43(52)58/h1-4,7-10,13-20,23,34-35H,5-6,11-12,21-22,24-25H2,(H,45,55)(H,46,56)(H,47,57)(H,48,58)/t34-,35-/m0/s1. The van der Waals surface area contributed by atoms with Gasteiger partial charge in [0.25, 0.3) is 0 Å². The number of nitrogens with one attached hydrogen (secondary N) is 4. The zero-order valence-electron chi connectivity index (χ0n) is 31.7. The number of oxazole rings is 1. The van der Waals surface area contributed by atoms with E-state index in [-0.39, 0.29) is 48.1 Å². The summed E-state index contributed by atoms with van der Waals surface area (Å²) >= 11 is 0. The van der Waals surface area contributed by atoms with Gasteiger partial charge < -0.3 is 34.8 Å². The highest BCUT2D eigenvalue weighted by Crippen LogP contribution is 2.29. The fourth-order valence-corrected chi connectivity index (χ4v) is 8.06. The molecule has 2 fully saturated rings. The molecule has 4 N–H and O–H groups in total. The minimum atomic E-state index is -0.659. The number of anilines is 2. The number of nitrogens with zero attached hydrogens (tertiary/aromatic N) is 5. The maximum absolute atomic E-state index is 13.4. The number of carbonyl (C=O) groups is 4. The molecule has 0 unspecified atom stereocenters. The number of likely N-dealkylation sites (tertiary alicyclic amines) is 2. The first kappa shape index (κ1) is 37.1. The molecule has 5 heterocycles. The number of amides is 4. The Labute approximate surface area is 335 Å². The normalized spacial score (nSPS) is 16.5. The predicted octanol–water partition coefficient (Wildman–Crippen LogP) is 4.55. The number of benzene rings is 4. The summed E-state index contributed by atoms with van der Waals surface area (Å²) in [4.78, 5) is 91.5. The summed E-state index contributed by atoms with van der Waals surface area (Å²) in [5, 5.41) is 5.84. The van der Waals surface area contributed by atoms with Crippen molar-refractivity contribution in [3.8, 4) is 22.8 Å². The fourth-order valence-electron chi connectivity index (χ4n) is 8.06. The van der Waals surface area contributed by atoms with Gasteiger partial charge in [-0.05, 0) is 98.5 Å². The van der Waals surface area contributed by atoms with Gasteiger partial charge in [-0.25, -0.2) is 14.6 Å². The Balaban J connectivity index is 0.794. The highest BCUT2D eigenvalue weighted by atomic mass is 16.4. The lowest BCUT2D eigenvalue weighted by molar-refractivity contribution is -0.137. The van der Waals surface area contributed by atoms with E-state index in [9.17, 15) is 28.8 Å². The number of rotatable bonds is 10. The molecule has 2 atom stereocenters. The molecule has 59 heavy (non-hydrogen) atoms. The van der Waals surface area contributed by atoms with Gasteiger partial charge in [-0.3, -0.25) is 28.3 Å². The van der Waals surface area contributed by atoms with Crippen LogP contribution in [0.15, 0.2) is 117 Å². The van der Waals surface area contributed by atoms with Crippen LogP contribution in [0.1, 0.15) is 25.7 Å². The van der Waals surface area contributed by atoms with Crippen LogP contribution >= 0.6 is 0 Å². The van der Waals surface area contributed by atoms with E-state index in [4.69, 9.17) is 4.42 Å². The number of imidazole rings is 2. The maximum atomic E-state index is 13.4. The van der Waals surface area contributed by atoms with Gasteiger partial charge >= 0.3 is 11.4 Å². The van der Waals surface area contributed by atoms with Gasteiger partial charge in [0.15, 0.2) is 5.76 Å². The van der Waals surface area contributed by atoms with Crippen molar-refractivity contribution in [2.45, 2.75) is 50.9 Å². The van der Waals surface area contributed by atoms with Crippen LogP contribution in [0.4, 0.5) is 11.4 Å². The van der Waals surface area contributed by atoms with Gasteiger partial charge in [-0.15, -0.1) is 0 Å². The number of aromatic nitrogens is 5. The second kappa shape index (κ2) is 15.5. The molecule has 0 bridgehead atoms. The number of fused-ring (bicyclic) bond motifs is 2. The quantitative estimate of drug-likeness (QED) is 0.155. The van der Waals surface area contributed by atoms with Crippen LogP contribution in [0.3, 0.4) is 0 Å². The van der Waals surface area contributed by atoms with Gasteiger partial charge in [-0.1, -0.05) is 24.3 Å². The zero-order valence-corrected chi connectivity index (χ0v) is 31.7. The van der Waals surface area contributed by atoms with E-state index in [0.717, 1.165) is 5.56 Å². The van der Waals surface area contributed by atoms with Crippen LogP contribution in [-0.2, 0) is 32.3 Å². The van der Waals surface area contributed by atoms with Crippen molar-refractivity contribution in [1.82, 2.24) is 33.9 Å². The zero-order chi connectivity index (χ0) is 40.6. The number of carbonyl (C=O) groups excluding carboxylic acids is 4. The van der Waals surface area contributed by atoms with Gasteiger partial charge in [0.2, 0.25) is 29.5 Å². The largest absolute Gasteiger partial charge is 0.436 e. The Hall–Kier alpha value is -7.49. The summed E-state index contributed by atoms with van der Waals surface area (Å²) in [5.41, 5.74) is 4.32. The minimum absolute atomic E-state index is 0.163. The van der Waals surface area contributed by atoms with Crippen molar-refractivity contribution in [3.63, 3.8) is 0 Å². The minimum Gasteiger partial charge on any atom is -0.436 e. The van der Waals surface area contributed by atoms with Crippen LogP contribution < -0.4 is 22.0 Å². The lowest BCUT2D eigenvalue weighted by atomic mass is 10.1. The molecule has 2 aliphatic heterocycles. The van der Waals surface area contributed by atoms with Crippen molar-refractivity contribution in [2.75, 3.05) is 23.7 Å². The van der Waals surface area contributed by atoms with E-state index in [1.54, 1.807) is 96.0 Å². The number of hydrogen-bond donors (Lipinski definition) is 4. The van der Waals surface area contributed by atoms with Gasteiger partial charge in [0, 0.05) is 35.6 Å². The molecule has 0 spiro atoms. The van der Waals surface area contributed by atoms with E-state index in [0.29, 0.717) is 89.4 Å². The SMILES string of the molecule is O=C(Nc1ccc(-c2cnc(-c3ccc(NC(=O)[C@@H]4CCCN4C(=O)Cn4c(=O)[nH]c5ccccc54)cc3)o2)cc1)[C@@H]1CCCN1C(=O)Cn1c(=O)[nH]c2ccccc21. The van der Waals surface area contributed by atoms with Crippen LogP contribution in [0.5, 0.6) is 0 Å². The topological polar surface area (TPSA) is 200 Å². The lowest BCUT2D eigenvalue weighted by Crippen LogP contribution is -2.45. The maximum Gasteiger partial charge on any atom is 0.326 e. The van der Waals surface area contributed by atoms with E-state index < -0.39 is 12.1 Å². The molecule has 0 saturated carbocycles. The van der Waals surface area contributed by atoms with Gasteiger partial charge in [0.1, 0.15) is 25.2 Å². The molecule has 16 heteroatoms. The fraction of sp³-hybridized carbons (Fsp3) is 0.233. The molecular weight excluding hydrogens is 755 g/mol. The number of aromatic amines is 2. The average molecular weight is 794 g/mol. The summed E-state index contributed by atoms with van der Waals surface area (Å²) in [7, 11) is 0. The predicted molar refractivity (Wildman–Crippen MR) is 219 cm³/mol. The second-order valence-electron chi connectivity index (χ2n) is 14.7. The molecule has 7 aromatic rings. The Kier molecular flexibility index (Phi) is 9.72. The van der Waals surface area contributed by atoms with Gasteiger partial charge in [0.05, 0.1) is 28.3 Å². The van der Waals surface area contributed by atoms with Crippen molar-refractivity contribution >= 4 is 57.1 Å². The molecular formula is C43H39N9O7. The highest BCUT2D eigenvalue weighted by Gasteiger charge is 2.36. The van der Waals surface area contributed by atoms with Crippen molar-refractivity contribution < 1.29 is 23.6 Å². The molecule has 9 rings (SSSR count). The first-order valence-electron chi connectivity index (χ1n) is 19.4. The molecule has 3 aromatic heterocycles. The van der Waals surface area contributed by atoms with Crippen LogP contribution in [0.2, 0.25) is 0 Å². The van der Waals surface area contributed by atoms with Crippen molar-refractivity contribution in [2.24, 2.45) is 0 Å². The smallest absolute Gasteiger partial charge is 0.326 e. The number of para-hydroxylation sites is 4. The first-order valence-corrected chi connectivity index (χ1v) is 19.4. The lowest BCUT2D eigenvalue weighted by Gasteiger charge is -2.24. The third-order valence-corrected chi connectivity index (χ3v) is 11.0. The second-order valence-corrected chi connectivity index (χ2v) is 14.7. The Morgan fingerprint density at radius 3 is 1.58 bits per heavy atom. The Morgan fingerprint density at radius 2 is 1.08 bits per heavy atom. The first-order chi connectivity index (χ1) is 28.7. The molecule has 2 saturated heterocycles. The van der Waals surface area contributed by atoms with Crippen molar-refractivity contribution in [1.29, 1.82) is 0 Å². The van der Waals surface area contributed by atoms with E-state index in [1.807, 2.05) is 12.1 Å². The number of H-pyrrole nitrogens is 2. The summed E-state index contributed by atoms with van der Waals surface area (Å²) in [5.74, 6) is -0.321. The molecule has 298 valence electrons. The number of hydrogen-bond acceptors (Lipinski definition) is 8. The Bertz CT molecular complexity index is 2660. The summed E-state index contributed by atoms with van der Waals surface area (Å²) in [6.45, 7) is 0.529. The summed E-state index contributed by atoms with van der Waals surface area (Å²) < 4.78 is 8.86. The van der Waals surface area contributed by atoms with E-state index in [2.05, 4.69) is 25.6 Å². The molecule has 2 aliphatic rings. The van der Waals surface area contributed by atoms with Gasteiger partial charge in [-0.2, -0.15) is 0 Å².